The summed E-state index contributed by atoms with van der Waals surface area (Å²) in [5, 5.41) is 12.1. The fraction of sp³-hybridized carbons (Fsp3) is 0.333. The Morgan fingerprint density at radius 3 is 2.45 bits per heavy atom. The van der Waals surface area contributed by atoms with Crippen LogP contribution in [0, 0.1) is 5.92 Å². The lowest BCUT2D eigenvalue weighted by Gasteiger charge is -2.34. The minimum Gasteiger partial charge on any atom is -0.479 e. The van der Waals surface area contributed by atoms with E-state index in [9.17, 15) is 14.7 Å². The Balaban J connectivity index is 3.17. The first-order chi connectivity index (χ1) is 9.45. The smallest absolute Gasteiger partial charge is 0.408 e. The van der Waals surface area contributed by atoms with Crippen LogP contribution in [0.2, 0.25) is 0 Å². The topological polar surface area (TPSA) is 75.6 Å². The number of carboxylic acids is 1. The van der Waals surface area contributed by atoms with Crippen molar-refractivity contribution in [2.45, 2.75) is 19.4 Å². The quantitative estimate of drug-likeness (QED) is 0.783. The monoisotopic (exact) mass is 277 g/mol. The van der Waals surface area contributed by atoms with Crippen molar-refractivity contribution in [1.82, 2.24) is 5.32 Å². The summed E-state index contributed by atoms with van der Waals surface area (Å²) in [5.74, 6) is -1.49. The molecule has 1 unspecified atom stereocenters. The summed E-state index contributed by atoms with van der Waals surface area (Å²) in [4.78, 5) is 23.5. The fourth-order valence-electron chi connectivity index (χ4n) is 2.01. The molecular formula is C15H19NO4. The molecule has 0 aliphatic carbocycles. The first kappa shape index (κ1) is 15.8. The summed E-state index contributed by atoms with van der Waals surface area (Å²) >= 11 is 0. The molecule has 1 rings (SSSR count). The number of nitrogens with one attached hydrogen (secondary N) is 1. The Labute approximate surface area is 118 Å². The van der Waals surface area contributed by atoms with E-state index >= 15 is 0 Å². The van der Waals surface area contributed by atoms with E-state index in [4.69, 9.17) is 4.74 Å². The lowest BCUT2D eigenvalue weighted by atomic mass is 9.80. The van der Waals surface area contributed by atoms with Gasteiger partial charge in [-0.05, 0) is 11.5 Å². The van der Waals surface area contributed by atoms with Gasteiger partial charge in [0.2, 0.25) is 0 Å². The summed E-state index contributed by atoms with van der Waals surface area (Å²) < 4.78 is 4.84. The molecular weight excluding hydrogens is 258 g/mol. The Morgan fingerprint density at radius 1 is 1.40 bits per heavy atom. The Hall–Kier alpha value is -2.30. The average Bonchev–Trinajstić information content (AvgIpc) is 2.42. The number of hydrogen-bond acceptors (Lipinski definition) is 3. The molecule has 1 aromatic carbocycles. The molecule has 0 radical (unpaired) electrons. The van der Waals surface area contributed by atoms with Crippen LogP contribution >= 0.6 is 0 Å². The summed E-state index contributed by atoms with van der Waals surface area (Å²) in [6.45, 7) is 6.92. The van der Waals surface area contributed by atoms with Crippen molar-refractivity contribution < 1.29 is 19.4 Å². The maximum Gasteiger partial charge on any atom is 0.408 e. The predicted octanol–water partition coefficient (Wildman–Crippen LogP) is 2.53. The average molecular weight is 277 g/mol. The first-order valence-corrected chi connectivity index (χ1v) is 6.30. The van der Waals surface area contributed by atoms with Crippen LogP contribution in [0.25, 0.3) is 0 Å². The van der Waals surface area contributed by atoms with Crippen molar-refractivity contribution in [3.8, 4) is 0 Å². The van der Waals surface area contributed by atoms with Crippen molar-refractivity contribution >= 4 is 12.1 Å². The minimum absolute atomic E-state index is 0.0222. The van der Waals surface area contributed by atoms with E-state index in [1.165, 1.54) is 6.08 Å². The zero-order valence-electron chi connectivity index (χ0n) is 11.6. The highest BCUT2D eigenvalue weighted by atomic mass is 16.5. The normalized spacial score (nSPS) is 13.3. The third kappa shape index (κ3) is 3.17. The molecule has 0 aliphatic rings. The molecule has 1 amide bonds. The number of carboxylic acid groups (broad SMARTS) is 1. The van der Waals surface area contributed by atoms with Gasteiger partial charge >= 0.3 is 12.1 Å². The highest BCUT2D eigenvalue weighted by molar-refractivity contribution is 5.86. The molecule has 5 nitrogen and oxygen atoms in total. The van der Waals surface area contributed by atoms with Gasteiger partial charge in [0.05, 0.1) is 0 Å². The van der Waals surface area contributed by atoms with Crippen LogP contribution in [0.1, 0.15) is 19.4 Å². The van der Waals surface area contributed by atoms with Gasteiger partial charge in [0, 0.05) is 0 Å². The van der Waals surface area contributed by atoms with Crippen molar-refractivity contribution in [1.29, 1.82) is 0 Å². The number of benzene rings is 1. The molecule has 1 aromatic rings. The number of carbonyl (C=O) groups excluding carboxylic acids is 1. The molecule has 0 heterocycles. The van der Waals surface area contributed by atoms with Gasteiger partial charge in [-0.3, -0.25) is 0 Å². The maximum absolute atomic E-state index is 11.8. The van der Waals surface area contributed by atoms with Gasteiger partial charge in [-0.25, -0.2) is 9.59 Å². The number of amides is 1. The van der Waals surface area contributed by atoms with E-state index in [2.05, 4.69) is 11.9 Å². The van der Waals surface area contributed by atoms with Crippen molar-refractivity contribution in [2.75, 3.05) is 6.61 Å². The van der Waals surface area contributed by atoms with E-state index in [0.29, 0.717) is 5.56 Å². The molecule has 1 atom stereocenters. The van der Waals surface area contributed by atoms with Crippen LogP contribution in [-0.4, -0.2) is 23.8 Å². The molecule has 20 heavy (non-hydrogen) atoms. The molecule has 0 saturated carbocycles. The number of alkyl carbamates (subject to hydrolysis) is 1. The van der Waals surface area contributed by atoms with Crippen LogP contribution in [0.3, 0.4) is 0 Å². The highest BCUT2D eigenvalue weighted by Gasteiger charge is 2.45. The molecule has 0 spiro atoms. The fourth-order valence-corrected chi connectivity index (χ4v) is 2.01. The van der Waals surface area contributed by atoms with E-state index in [1.54, 1.807) is 44.2 Å². The molecule has 2 N–H and O–H groups in total. The summed E-state index contributed by atoms with van der Waals surface area (Å²) in [5.41, 5.74) is -1.03. The number of aliphatic carboxylic acids is 1. The van der Waals surface area contributed by atoms with Crippen LogP contribution in [0.15, 0.2) is 43.0 Å². The second-order valence-electron chi connectivity index (χ2n) is 4.65. The Bertz CT molecular complexity index is 484. The van der Waals surface area contributed by atoms with Crippen LogP contribution < -0.4 is 5.32 Å². The van der Waals surface area contributed by atoms with Crippen molar-refractivity contribution in [3.63, 3.8) is 0 Å². The number of rotatable bonds is 6. The molecule has 0 aromatic heterocycles. The second-order valence-corrected chi connectivity index (χ2v) is 4.65. The van der Waals surface area contributed by atoms with Crippen molar-refractivity contribution in [2.24, 2.45) is 5.92 Å². The van der Waals surface area contributed by atoms with Gasteiger partial charge in [0.15, 0.2) is 5.54 Å². The predicted molar refractivity (Wildman–Crippen MR) is 75.3 cm³/mol. The molecule has 0 aliphatic heterocycles. The third-order valence-corrected chi connectivity index (χ3v) is 3.06. The summed E-state index contributed by atoms with van der Waals surface area (Å²) in [6, 6.07) is 8.58. The lowest BCUT2D eigenvalue weighted by molar-refractivity contribution is -0.147. The zero-order valence-corrected chi connectivity index (χ0v) is 11.6. The van der Waals surface area contributed by atoms with Crippen LogP contribution in [-0.2, 0) is 15.1 Å². The SMILES string of the molecule is C=CCOC(=O)NC(C(=O)O)(c1ccccc1)C(C)C. The van der Waals surface area contributed by atoms with Crippen molar-refractivity contribution in [3.05, 3.63) is 48.6 Å². The van der Waals surface area contributed by atoms with Gasteiger partial charge in [0.25, 0.3) is 0 Å². The molecule has 0 fully saturated rings. The Morgan fingerprint density at radius 2 is 2.00 bits per heavy atom. The third-order valence-electron chi connectivity index (χ3n) is 3.06. The maximum atomic E-state index is 11.8. The number of hydrogen-bond donors (Lipinski definition) is 2. The van der Waals surface area contributed by atoms with E-state index in [-0.39, 0.29) is 12.5 Å². The van der Waals surface area contributed by atoms with E-state index < -0.39 is 17.6 Å². The standard InChI is InChI=1S/C15H19NO4/c1-4-10-20-14(19)16-15(11(2)3,13(17)18)12-8-6-5-7-9-12/h4-9,11H,1,10H2,2-3H3,(H,16,19)(H,17,18). The molecule has 5 heteroatoms. The summed E-state index contributed by atoms with van der Waals surface area (Å²) in [7, 11) is 0. The van der Waals surface area contributed by atoms with E-state index in [0.717, 1.165) is 0 Å². The number of carbonyl (C=O) groups is 2. The molecule has 108 valence electrons. The molecule has 0 bridgehead atoms. The van der Waals surface area contributed by atoms with Gasteiger partial charge in [0.1, 0.15) is 6.61 Å². The van der Waals surface area contributed by atoms with E-state index in [1.807, 2.05) is 0 Å². The largest absolute Gasteiger partial charge is 0.479 e. The minimum atomic E-state index is -1.53. The first-order valence-electron chi connectivity index (χ1n) is 6.30. The zero-order chi connectivity index (χ0) is 15.2. The van der Waals surface area contributed by atoms with Gasteiger partial charge in [-0.1, -0.05) is 56.8 Å². The Kier molecular flexibility index (Phi) is 5.32. The molecule has 0 saturated heterocycles. The van der Waals surface area contributed by atoms with Crippen LogP contribution in [0.4, 0.5) is 4.79 Å². The lowest BCUT2D eigenvalue weighted by Crippen LogP contribution is -2.55. The van der Waals surface area contributed by atoms with Gasteiger partial charge < -0.3 is 15.2 Å². The summed E-state index contributed by atoms with van der Waals surface area (Å²) in [6.07, 6.45) is 0.629. The number of ether oxygens (including phenoxy) is 1. The van der Waals surface area contributed by atoms with Crippen LogP contribution in [0.5, 0.6) is 0 Å². The second kappa shape index (κ2) is 6.75. The van der Waals surface area contributed by atoms with Gasteiger partial charge in [-0.15, -0.1) is 0 Å². The van der Waals surface area contributed by atoms with Gasteiger partial charge in [-0.2, -0.15) is 0 Å². The highest BCUT2D eigenvalue weighted by Crippen LogP contribution is 2.30.